The second-order valence-electron chi connectivity index (χ2n) is 6.14. The van der Waals surface area contributed by atoms with Crippen LogP contribution in [-0.4, -0.2) is 39.4 Å². The first kappa shape index (κ1) is 21.6. The van der Waals surface area contributed by atoms with E-state index >= 15 is 0 Å². The van der Waals surface area contributed by atoms with Gasteiger partial charge in [0, 0.05) is 23.1 Å². The van der Waals surface area contributed by atoms with Gasteiger partial charge in [0.15, 0.2) is 0 Å². The molecule has 0 radical (unpaired) electrons. The summed E-state index contributed by atoms with van der Waals surface area (Å²) in [4.78, 5) is 12.2. The van der Waals surface area contributed by atoms with E-state index in [1.54, 1.807) is 36.0 Å². The van der Waals surface area contributed by atoms with Gasteiger partial charge in [-0.1, -0.05) is 41.4 Å². The van der Waals surface area contributed by atoms with E-state index in [9.17, 15) is 13.2 Å². The van der Waals surface area contributed by atoms with Crippen molar-refractivity contribution in [1.82, 2.24) is 5.32 Å². The molecular weight excluding hydrogens is 404 g/mol. The number of aryl methyl sites for hydroxylation is 1. The summed E-state index contributed by atoms with van der Waals surface area (Å²) >= 11 is 7.56. The third-order valence-electron chi connectivity index (χ3n) is 3.72. The molecule has 2 aromatic carbocycles. The average molecular weight is 427 g/mol. The standard InChI is InChI=1S/C19H23ClN2O3S2/c1-15-4-3-5-16(12-15)14-26-11-10-21-19(23)13-22(27(2,24)25)18-8-6-17(20)7-9-18/h3-9,12H,10-11,13-14H2,1-2H3,(H,21,23). The molecular formula is C19H23ClN2O3S2. The summed E-state index contributed by atoms with van der Waals surface area (Å²) in [5, 5.41) is 3.27. The smallest absolute Gasteiger partial charge is 0.240 e. The Hall–Kier alpha value is -1.70. The van der Waals surface area contributed by atoms with Crippen molar-refractivity contribution in [2.24, 2.45) is 0 Å². The van der Waals surface area contributed by atoms with Crippen LogP contribution in [0.4, 0.5) is 5.69 Å². The van der Waals surface area contributed by atoms with Crippen LogP contribution < -0.4 is 9.62 Å². The van der Waals surface area contributed by atoms with Gasteiger partial charge in [-0.05, 0) is 36.8 Å². The first-order valence-electron chi connectivity index (χ1n) is 8.39. The van der Waals surface area contributed by atoms with Crippen LogP contribution in [0.15, 0.2) is 48.5 Å². The minimum Gasteiger partial charge on any atom is -0.354 e. The number of amides is 1. The van der Waals surface area contributed by atoms with Gasteiger partial charge in [-0.2, -0.15) is 11.8 Å². The molecule has 0 aliphatic rings. The Morgan fingerprint density at radius 1 is 1.19 bits per heavy atom. The molecule has 2 aromatic rings. The Balaban J connectivity index is 1.81. The molecule has 146 valence electrons. The van der Waals surface area contributed by atoms with Crippen LogP contribution in [0.1, 0.15) is 11.1 Å². The summed E-state index contributed by atoms with van der Waals surface area (Å²) in [7, 11) is -3.58. The molecule has 0 unspecified atom stereocenters. The van der Waals surface area contributed by atoms with E-state index in [1.807, 2.05) is 6.07 Å². The summed E-state index contributed by atoms with van der Waals surface area (Å²) in [6, 6.07) is 14.6. The number of thioether (sulfide) groups is 1. The molecule has 0 saturated carbocycles. The highest BCUT2D eigenvalue weighted by molar-refractivity contribution is 7.98. The van der Waals surface area contributed by atoms with Crippen LogP contribution in [0.2, 0.25) is 5.02 Å². The van der Waals surface area contributed by atoms with E-state index in [2.05, 4.69) is 30.4 Å². The molecule has 2 rings (SSSR count). The van der Waals surface area contributed by atoms with Crippen LogP contribution in [0, 0.1) is 6.92 Å². The van der Waals surface area contributed by atoms with Crippen molar-refractivity contribution in [3.8, 4) is 0 Å². The van der Waals surface area contributed by atoms with Gasteiger partial charge in [-0.15, -0.1) is 0 Å². The van der Waals surface area contributed by atoms with E-state index in [-0.39, 0.29) is 12.5 Å². The first-order valence-corrected chi connectivity index (χ1v) is 11.8. The number of benzene rings is 2. The highest BCUT2D eigenvalue weighted by atomic mass is 35.5. The Kier molecular flexibility index (Phi) is 8.01. The monoisotopic (exact) mass is 426 g/mol. The lowest BCUT2D eigenvalue weighted by atomic mass is 10.2. The SMILES string of the molecule is Cc1cccc(CSCCNC(=O)CN(c2ccc(Cl)cc2)S(C)(=O)=O)c1. The number of nitrogens with zero attached hydrogens (tertiary/aromatic N) is 1. The fourth-order valence-corrected chi connectivity index (χ4v) is 4.24. The molecule has 1 amide bonds. The molecule has 0 aliphatic heterocycles. The molecule has 0 aliphatic carbocycles. The van der Waals surface area contributed by atoms with E-state index in [1.165, 1.54) is 11.1 Å². The predicted octanol–water partition coefficient (Wildman–Crippen LogP) is 3.46. The molecule has 0 fully saturated rings. The number of carbonyl (C=O) groups excluding carboxylic acids is 1. The summed E-state index contributed by atoms with van der Waals surface area (Å²) in [5.41, 5.74) is 2.88. The van der Waals surface area contributed by atoms with E-state index in [0.29, 0.717) is 17.3 Å². The molecule has 27 heavy (non-hydrogen) atoms. The number of anilines is 1. The number of carbonyl (C=O) groups is 1. The number of hydrogen-bond donors (Lipinski definition) is 1. The van der Waals surface area contributed by atoms with E-state index < -0.39 is 10.0 Å². The minimum atomic E-state index is -3.58. The summed E-state index contributed by atoms with van der Waals surface area (Å²) < 4.78 is 25.1. The van der Waals surface area contributed by atoms with Crippen molar-refractivity contribution in [1.29, 1.82) is 0 Å². The topological polar surface area (TPSA) is 66.5 Å². The Morgan fingerprint density at radius 3 is 2.52 bits per heavy atom. The Morgan fingerprint density at radius 2 is 1.89 bits per heavy atom. The lowest BCUT2D eigenvalue weighted by Crippen LogP contribution is -2.41. The second-order valence-corrected chi connectivity index (χ2v) is 9.59. The van der Waals surface area contributed by atoms with Gasteiger partial charge < -0.3 is 5.32 Å². The second kappa shape index (κ2) is 10.0. The van der Waals surface area contributed by atoms with Gasteiger partial charge in [0.1, 0.15) is 6.54 Å². The molecule has 0 bridgehead atoms. The largest absolute Gasteiger partial charge is 0.354 e. The van der Waals surface area contributed by atoms with Crippen molar-refractivity contribution in [2.45, 2.75) is 12.7 Å². The number of hydrogen-bond acceptors (Lipinski definition) is 4. The summed E-state index contributed by atoms with van der Waals surface area (Å²) in [6.45, 7) is 2.28. The molecule has 0 aromatic heterocycles. The van der Waals surface area contributed by atoms with Crippen molar-refractivity contribution in [2.75, 3.05) is 29.4 Å². The third-order valence-corrected chi connectivity index (χ3v) is 6.14. The van der Waals surface area contributed by atoms with Crippen LogP contribution in [0.25, 0.3) is 0 Å². The number of nitrogens with one attached hydrogen (secondary N) is 1. The van der Waals surface area contributed by atoms with Gasteiger partial charge in [0.2, 0.25) is 15.9 Å². The van der Waals surface area contributed by atoms with Gasteiger partial charge >= 0.3 is 0 Å². The Bertz CT molecular complexity index is 871. The fourth-order valence-electron chi connectivity index (χ4n) is 2.45. The molecule has 5 nitrogen and oxygen atoms in total. The van der Waals surface area contributed by atoms with Crippen molar-refractivity contribution >= 4 is 45.0 Å². The average Bonchev–Trinajstić information content (AvgIpc) is 2.59. The number of sulfonamides is 1. The van der Waals surface area contributed by atoms with Crippen LogP contribution in [0.5, 0.6) is 0 Å². The molecule has 1 N–H and O–H groups in total. The molecule has 0 spiro atoms. The van der Waals surface area contributed by atoms with Crippen LogP contribution >= 0.6 is 23.4 Å². The van der Waals surface area contributed by atoms with Crippen molar-refractivity contribution in [3.63, 3.8) is 0 Å². The first-order chi connectivity index (χ1) is 12.8. The lowest BCUT2D eigenvalue weighted by molar-refractivity contribution is -0.119. The Labute approximate surface area is 170 Å². The normalized spacial score (nSPS) is 11.2. The van der Waals surface area contributed by atoms with Gasteiger partial charge in [0.05, 0.1) is 11.9 Å². The molecule has 0 saturated heterocycles. The van der Waals surface area contributed by atoms with Gasteiger partial charge in [-0.25, -0.2) is 8.42 Å². The lowest BCUT2D eigenvalue weighted by Gasteiger charge is -2.21. The van der Waals surface area contributed by atoms with Gasteiger partial charge in [0.25, 0.3) is 0 Å². The molecule has 8 heteroatoms. The fraction of sp³-hybridized carbons (Fsp3) is 0.316. The molecule has 0 atom stereocenters. The quantitative estimate of drug-likeness (QED) is 0.623. The van der Waals surface area contributed by atoms with Crippen LogP contribution in [-0.2, 0) is 20.6 Å². The van der Waals surface area contributed by atoms with Crippen molar-refractivity contribution < 1.29 is 13.2 Å². The maximum Gasteiger partial charge on any atom is 0.240 e. The maximum atomic E-state index is 12.2. The zero-order valence-electron chi connectivity index (χ0n) is 15.3. The minimum absolute atomic E-state index is 0.261. The summed E-state index contributed by atoms with van der Waals surface area (Å²) in [6.07, 6.45) is 1.08. The van der Waals surface area contributed by atoms with Crippen LogP contribution in [0.3, 0.4) is 0 Å². The third kappa shape index (κ3) is 7.44. The summed E-state index contributed by atoms with van der Waals surface area (Å²) in [5.74, 6) is 1.28. The van der Waals surface area contributed by atoms with Crippen molar-refractivity contribution in [3.05, 3.63) is 64.7 Å². The predicted molar refractivity (Wildman–Crippen MR) is 114 cm³/mol. The number of rotatable bonds is 9. The maximum absolute atomic E-state index is 12.2. The molecule has 0 heterocycles. The highest BCUT2D eigenvalue weighted by Gasteiger charge is 2.20. The van der Waals surface area contributed by atoms with Gasteiger partial charge in [-0.3, -0.25) is 9.10 Å². The van der Waals surface area contributed by atoms with E-state index in [4.69, 9.17) is 11.6 Å². The van der Waals surface area contributed by atoms with E-state index in [0.717, 1.165) is 22.1 Å². The highest BCUT2D eigenvalue weighted by Crippen LogP contribution is 2.20. The number of halogens is 1. The zero-order chi connectivity index (χ0) is 19.9. The zero-order valence-corrected chi connectivity index (χ0v) is 17.7.